The van der Waals surface area contributed by atoms with Gasteiger partial charge in [-0.05, 0) is 52.9 Å². The smallest absolute Gasteiger partial charge is 0.261 e. The molecule has 1 aromatic heterocycles. The van der Waals surface area contributed by atoms with E-state index in [1.807, 2.05) is 79.7 Å². The molecule has 232 valence electrons. The number of nitrogens with zero attached hydrogens (tertiary/aromatic N) is 3. The van der Waals surface area contributed by atoms with Gasteiger partial charge in [0.05, 0.1) is 36.5 Å². The maximum absolute atomic E-state index is 12.9. The fourth-order valence-corrected chi connectivity index (χ4v) is 7.63. The van der Waals surface area contributed by atoms with Crippen LogP contribution in [-0.2, 0) is 22.6 Å². The molecule has 1 N–H and O–H groups in total. The van der Waals surface area contributed by atoms with Crippen LogP contribution < -0.4 is 0 Å². The lowest BCUT2D eigenvalue weighted by Crippen LogP contribution is -2.31. The number of rotatable bonds is 9. The van der Waals surface area contributed by atoms with Crippen molar-refractivity contribution >= 4 is 34.9 Å². The lowest BCUT2D eigenvalue weighted by Gasteiger charge is -2.36. The average molecular weight is 650 g/mol. The summed E-state index contributed by atoms with van der Waals surface area (Å²) in [5.41, 5.74) is 6.56. The van der Waals surface area contributed by atoms with Gasteiger partial charge in [0.25, 0.3) is 11.8 Å². The van der Waals surface area contributed by atoms with Crippen molar-refractivity contribution in [2.24, 2.45) is 0 Å². The Kier molecular flexibility index (Phi) is 8.79. The van der Waals surface area contributed by atoms with E-state index in [9.17, 15) is 14.7 Å². The first kappa shape index (κ1) is 30.5. The van der Waals surface area contributed by atoms with Gasteiger partial charge >= 0.3 is 0 Å². The Morgan fingerprint density at radius 3 is 2.22 bits per heavy atom. The molecule has 1 saturated heterocycles. The van der Waals surface area contributed by atoms with Gasteiger partial charge in [-0.15, -0.1) is 10.2 Å². The van der Waals surface area contributed by atoms with Crippen molar-refractivity contribution in [3.8, 4) is 11.1 Å². The minimum atomic E-state index is -0.563. The second kappa shape index (κ2) is 13.3. The van der Waals surface area contributed by atoms with Gasteiger partial charge in [-0.2, -0.15) is 0 Å². The predicted octanol–water partition coefficient (Wildman–Crippen LogP) is 7.14. The molecule has 5 aromatic rings. The van der Waals surface area contributed by atoms with Gasteiger partial charge in [0.15, 0.2) is 10.6 Å². The van der Waals surface area contributed by atoms with E-state index in [1.165, 1.54) is 4.90 Å². The van der Waals surface area contributed by atoms with Gasteiger partial charge in [-0.1, -0.05) is 102 Å². The van der Waals surface area contributed by atoms with E-state index in [0.717, 1.165) is 48.5 Å². The number of aryl methyl sites for hydroxylation is 1. The van der Waals surface area contributed by atoms with Gasteiger partial charge in [0.1, 0.15) is 5.01 Å². The second-order valence-corrected chi connectivity index (χ2v) is 13.8. The van der Waals surface area contributed by atoms with Crippen LogP contribution in [-0.4, -0.2) is 43.9 Å². The summed E-state index contributed by atoms with van der Waals surface area (Å²) < 4.78 is 13.9. The summed E-state index contributed by atoms with van der Waals surface area (Å²) >= 11 is 3.22. The molecule has 2 aliphatic heterocycles. The van der Waals surface area contributed by atoms with Gasteiger partial charge in [-0.25, -0.2) is 0 Å². The Balaban J connectivity index is 1.08. The minimum absolute atomic E-state index is 0.00387. The van der Waals surface area contributed by atoms with Gasteiger partial charge in [-0.3, -0.25) is 14.5 Å². The highest BCUT2D eigenvalue weighted by atomic mass is 32.2. The number of aromatic nitrogens is 2. The summed E-state index contributed by atoms with van der Waals surface area (Å²) in [6, 6.07) is 30.8. The third-order valence-corrected chi connectivity index (χ3v) is 10.3. The number of hydrogen-bond donors (Lipinski definition) is 1. The van der Waals surface area contributed by atoms with Crippen molar-refractivity contribution in [1.82, 2.24) is 15.1 Å². The van der Waals surface area contributed by atoms with E-state index in [0.29, 0.717) is 17.5 Å². The van der Waals surface area contributed by atoms with Crippen molar-refractivity contribution in [1.29, 1.82) is 0 Å². The number of ether oxygens (including phenoxy) is 2. The number of carbonyl (C=O) groups is 2. The first-order valence-electron chi connectivity index (χ1n) is 15.0. The zero-order valence-electron chi connectivity index (χ0n) is 25.0. The summed E-state index contributed by atoms with van der Waals surface area (Å²) in [5, 5.41) is 18.8. The van der Waals surface area contributed by atoms with Gasteiger partial charge in [0, 0.05) is 17.7 Å². The number of fused-ring (bicyclic) bond motifs is 1. The Morgan fingerprint density at radius 2 is 1.54 bits per heavy atom. The first-order chi connectivity index (χ1) is 22.4. The Hall–Kier alpha value is -4.19. The molecule has 8 nitrogen and oxygen atoms in total. The molecule has 0 radical (unpaired) electrons. The highest BCUT2D eigenvalue weighted by Gasteiger charge is 2.35. The number of thioether (sulfide) groups is 1. The van der Waals surface area contributed by atoms with Crippen LogP contribution in [0.2, 0.25) is 0 Å². The molecule has 0 bridgehead atoms. The molecule has 46 heavy (non-hydrogen) atoms. The monoisotopic (exact) mass is 649 g/mol. The number of aliphatic hydroxyl groups excluding tert-OH is 1. The molecular weight excluding hydrogens is 619 g/mol. The summed E-state index contributed by atoms with van der Waals surface area (Å²) in [5.74, 6) is 0.193. The standard InChI is InChI=1S/C36H31N3O5S2/c1-22-37-38-36(46-22)45-21-29-18-32(26-11-9-23(20-40)10-12-26)44-35(43-29)27-15-13-25(14-16-27)28-6-4-5-24(17-28)19-39-33(41)30-7-2-3-8-31(30)34(39)42/h2-17,29,32,35,40H,18-21H2,1H3/t29-,32+,35+/m0/s1. The van der Waals surface area contributed by atoms with E-state index in [1.54, 1.807) is 47.4 Å². The van der Waals surface area contributed by atoms with Crippen LogP contribution in [0.25, 0.3) is 11.1 Å². The third kappa shape index (κ3) is 6.40. The fourth-order valence-electron chi connectivity index (χ4n) is 5.77. The fraction of sp³-hybridized carbons (Fsp3) is 0.222. The molecule has 3 atom stereocenters. The first-order valence-corrected chi connectivity index (χ1v) is 16.8. The summed E-state index contributed by atoms with van der Waals surface area (Å²) in [4.78, 5) is 27.1. The van der Waals surface area contributed by atoms with Crippen LogP contribution in [0.3, 0.4) is 0 Å². The number of imide groups is 1. The number of aliphatic hydroxyl groups is 1. The quantitative estimate of drug-likeness (QED) is 0.133. The average Bonchev–Trinajstić information content (AvgIpc) is 3.63. The van der Waals surface area contributed by atoms with Crippen molar-refractivity contribution < 1.29 is 24.2 Å². The topological polar surface area (TPSA) is 102 Å². The SMILES string of the molecule is Cc1nnc(SC[C@@H]2C[C@H](c3ccc(CO)cc3)O[C@H](c3ccc(-c4cccc(CN5C(=O)c6ccccc6C5=O)c4)cc3)O2)s1. The summed E-state index contributed by atoms with van der Waals surface area (Å²) in [6.07, 6.45) is -0.120. The molecule has 0 saturated carbocycles. The van der Waals surface area contributed by atoms with E-state index in [2.05, 4.69) is 10.2 Å². The predicted molar refractivity (Wildman–Crippen MR) is 176 cm³/mol. The van der Waals surface area contributed by atoms with Crippen molar-refractivity contribution in [2.75, 3.05) is 5.75 Å². The molecule has 2 aliphatic rings. The number of hydrogen-bond acceptors (Lipinski definition) is 9. The van der Waals surface area contributed by atoms with Gasteiger partial charge < -0.3 is 14.6 Å². The molecule has 0 unspecified atom stereocenters. The molecule has 7 rings (SSSR count). The van der Waals surface area contributed by atoms with E-state index in [4.69, 9.17) is 9.47 Å². The summed E-state index contributed by atoms with van der Waals surface area (Å²) in [6.45, 7) is 2.15. The molecule has 3 heterocycles. The molecule has 10 heteroatoms. The highest BCUT2D eigenvalue weighted by molar-refractivity contribution is 8.01. The van der Waals surface area contributed by atoms with Crippen LogP contribution in [0.5, 0.6) is 0 Å². The largest absolute Gasteiger partial charge is 0.392 e. The molecule has 2 amide bonds. The lowest BCUT2D eigenvalue weighted by atomic mass is 9.99. The molecule has 0 spiro atoms. The van der Waals surface area contributed by atoms with E-state index in [-0.39, 0.29) is 37.2 Å². The molecule has 4 aromatic carbocycles. The number of benzene rings is 4. The van der Waals surface area contributed by atoms with Crippen LogP contribution in [0.15, 0.2) is 101 Å². The molecule has 0 aliphatic carbocycles. The second-order valence-electron chi connectivity index (χ2n) is 11.3. The normalized spacial score (nSPS) is 19.4. The van der Waals surface area contributed by atoms with Crippen molar-refractivity contribution in [3.63, 3.8) is 0 Å². The van der Waals surface area contributed by atoms with Crippen molar-refractivity contribution in [2.45, 2.75) is 49.3 Å². The zero-order valence-corrected chi connectivity index (χ0v) is 26.7. The van der Waals surface area contributed by atoms with E-state index < -0.39 is 6.29 Å². The van der Waals surface area contributed by atoms with Crippen LogP contribution in [0.4, 0.5) is 0 Å². The van der Waals surface area contributed by atoms with E-state index >= 15 is 0 Å². The molecule has 1 fully saturated rings. The van der Waals surface area contributed by atoms with Gasteiger partial charge in [0.2, 0.25) is 0 Å². The lowest BCUT2D eigenvalue weighted by molar-refractivity contribution is -0.245. The van der Waals surface area contributed by atoms with Crippen molar-refractivity contribution in [3.05, 3.63) is 135 Å². The third-order valence-electron chi connectivity index (χ3n) is 8.18. The maximum atomic E-state index is 12.9. The van der Waals surface area contributed by atoms with Crippen LogP contribution in [0, 0.1) is 6.92 Å². The number of amides is 2. The summed E-state index contributed by atoms with van der Waals surface area (Å²) in [7, 11) is 0. The highest BCUT2D eigenvalue weighted by Crippen LogP contribution is 2.40. The Labute approximate surface area is 275 Å². The number of carbonyl (C=O) groups excluding carboxylic acids is 2. The molecular formula is C36H31N3O5S2. The zero-order chi connectivity index (χ0) is 31.6. The Bertz CT molecular complexity index is 1840. The van der Waals surface area contributed by atoms with Crippen LogP contribution in [0.1, 0.15) is 66.8 Å². The van der Waals surface area contributed by atoms with Crippen LogP contribution >= 0.6 is 23.1 Å². The maximum Gasteiger partial charge on any atom is 0.261 e. The Morgan fingerprint density at radius 1 is 0.826 bits per heavy atom. The minimum Gasteiger partial charge on any atom is -0.392 e.